The van der Waals surface area contributed by atoms with Crippen LogP contribution in [0.25, 0.3) is 0 Å². The summed E-state index contributed by atoms with van der Waals surface area (Å²) in [6.45, 7) is 6.67. The van der Waals surface area contributed by atoms with E-state index in [2.05, 4.69) is 20.8 Å². The van der Waals surface area contributed by atoms with E-state index in [4.69, 9.17) is 4.74 Å². The zero-order valence-electron chi connectivity index (χ0n) is 17.4. The van der Waals surface area contributed by atoms with Crippen molar-refractivity contribution in [3.05, 3.63) is 0 Å². The highest BCUT2D eigenvalue weighted by Crippen LogP contribution is 2.41. The largest absolute Gasteiger partial charge is 0.458 e. The van der Waals surface area contributed by atoms with Gasteiger partial charge in [-0.1, -0.05) is 104 Å². The van der Waals surface area contributed by atoms with E-state index in [1.807, 2.05) is 0 Å². The van der Waals surface area contributed by atoms with Gasteiger partial charge in [0.1, 0.15) is 5.60 Å². The van der Waals surface area contributed by atoms with Crippen LogP contribution >= 0.6 is 0 Å². The summed E-state index contributed by atoms with van der Waals surface area (Å²) in [6.07, 6.45) is 22.2. The summed E-state index contributed by atoms with van der Waals surface area (Å²) in [7, 11) is 0. The molecule has 2 nitrogen and oxygen atoms in total. The molecule has 1 fully saturated rings. The molecule has 1 aliphatic rings. The van der Waals surface area contributed by atoms with Crippen molar-refractivity contribution in [2.75, 3.05) is 0 Å². The molecule has 1 heterocycles. The molecule has 148 valence electrons. The van der Waals surface area contributed by atoms with Gasteiger partial charge in [-0.2, -0.15) is 0 Å². The molecule has 0 radical (unpaired) electrons. The Hall–Kier alpha value is -0.530. The number of carbonyl (C=O) groups excluding carboxylic acids is 1. The molecule has 1 saturated heterocycles. The summed E-state index contributed by atoms with van der Waals surface area (Å²) in [6, 6.07) is 0. The number of carbonyl (C=O) groups is 1. The summed E-state index contributed by atoms with van der Waals surface area (Å²) in [4.78, 5) is 11.8. The van der Waals surface area contributed by atoms with Gasteiger partial charge < -0.3 is 4.74 Å². The van der Waals surface area contributed by atoms with Crippen LogP contribution in [0.4, 0.5) is 0 Å². The van der Waals surface area contributed by atoms with Gasteiger partial charge in [0.25, 0.3) is 0 Å². The van der Waals surface area contributed by atoms with Crippen LogP contribution in [0.3, 0.4) is 0 Å². The highest BCUT2D eigenvalue weighted by molar-refractivity contribution is 5.80. The second-order valence-electron chi connectivity index (χ2n) is 8.42. The molecule has 1 aliphatic heterocycles. The quantitative estimate of drug-likeness (QED) is 0.199. The van der Waals surface area contributed by atoms with Crippen molar-refractivity contribution < 1.29 is 9.53 Å². The van der Waals surface area contributed by atoms with E-state index in [0.717, 1.165) is 12.8 Å². The van der Waals surface area contributed by atoms with Gasteiger partial charge in [0.05, 0.1) is 5.92 Å². The smallest absolute Gasteiger partial charge is 0.313 e. The van der Waals surface area contributed by atoms with E-state index in [1.54, 1.807) is 0 Å². The minimum absolute atomic E-state index is 0.0575. The number of ether oxygens (including phenoxy) is 1. The van der Waals surface area contributed by atoms with Gasteiger partial charge in [0.15, 0.2) is 0 Å². The summed E-state index contributed by atoms with van der Waals surface area (Å²) in [5, 5.41) is 0. The first-order chi connectivity index (χ1) is 12.1. The van der Waals surface area contributed by atoms with E-state index < -0.39 is 0 Å². The zero-order chi connectivity index (χ0) is 18.4. The SMILES string of the molecule is CCCCCCCCCCCCC[C@]1(C)OC(=O)[C@H]1CCCCCC. The lowest BCUT2D eigenvalue weighted by Gasteiger charge is -2.45. The van der Waals surface area contributed by atoms with Crippen LogP contribution in [0, 0.1) is 5.92 Å². The van der Waals surface area contributed by atoms with E-state index in [0.29, 0.717) is 0 Å². The second-order valence-corrected chi connectivity index (χ2v) is 8.42. The molecule has 2 heteroatoms. The first kappa shape index (κ1) is 22.5. The number of hydrogen-bond donors (Lipinski definition) is 0. The van der Waals surface area contributed by atoms with Crippen molar-refractivity contribution in [3.8, 4) is 0 Å². The van der Waals surface area contributed by atoms with Gasteiger partial charge in [0.2, 0.25) is 0 Å². The molecule has 0 amide bonds. The highest BCUT2D eigenvalue weighted by Gasteiger charge is 2.51. The monoisotopic (exact) mass is 352 g/mol. The fourth-order valence-electron chi connectivity index (χ4n) is 4.13. The Morgan fingerprint density at radius 2 is 1.16 bits per heavy atom. The Morgan fingerprint density at radius 3 is 1.64 bits per heavy atom. The maximum Gasteiger partial charge on any atom is 0.313 e. The third-order valence-electron chi connectivity index (χ3n) is 5.98. The van der Waals surface area contributed by atoms with Gasteiger partial charge in [-0.25, -0.2) is 0 Å². The van der Waals surface area contributed by atoms with E-state index in [-0.39, 0.29) is 17.5 Å². The summed E-state index contributed by atoms with van der Waals surface area (Å²) in [5.41, 5.74) is -0.150. The fraction of sp³-hybridized carbons (Fsp3) is 0.957. The van der Waals surface area contributed by atoms with Crippen LogP contribution < -0.4 is 0 Å². The predicted octanol–water partition coefficient (Wildman–Crippen LogP) is 7.59. The van der Waals surface area contributed by atoms with E-state index in [1.165, 1.54) is 96.3 Å². The molecular weight excluding hydrogens is 308 g/mol. The molecule has 0 aromatic carbocycles. The van der Waals surface area contributed by atoms with Crippen molar-refractivity contribution in [1.82, 2.24) is 0 Å². The molecule has 0 bridgehead atoms. The van der Waals surface area contributed by atoms with Crippen molar-refractivity contribution in [2.24, 2.45) is 5.92 Å². The fourth-order valence-corrected chi connectivity index (χ4v) is 4.13. The van der Waals surface area contributed by atoms with Crippen LogP contribution in [-0.2, 0) is 9.53 Å². The zero-order valence-corrected chi connectivity index (χ0v) is 17.4. The van der Waals surface area contributed by atoms with Gasteiger partial charge in [-0.3, -0.25) is 4.79 Å². The maximum absolute atomic E-state index is 11.8. The molecule has 0 aliphatic carbocycles. The number of rotatable bonds is 17. The third kappa shape index (κ3) is 9.11. The third-order valence-corrected chi connectivity index (χ3v) is 5.98. The minimum atomic E-state index is -0.150. The Morgan fingerprint density at radius 1 is 0.720 bits per heavy atom. The van der Waals surface area contributed by atoms with Crippen molar-refractivity contribution in [2.45, 2.75) is 136 Å². The lowest BCUT2D eigenvalue weighted by atomic mass is 9.76. The molecule has 0 N–H and O–H groups in total. The van der Waals surface area contributed by atoms with Gasteiger partial charge in [-0.05, 0) is 26.2 Å². The summed E-state index contributed by atoms with van der Waals surface area (Å²) >= 11 is 0. The molecule has 0 spiro atoms. The lowest BCUT2D eigenvalue weighted by molar-refractivity contribution is -0.211. The first-order valence-electron chi connectivity index (χ1n) is 11.4. The number of cyclic esters (lactones) is 1. The molecule has 2 atom stereocenters. The predicted molar refractivity (Wildman–Crippen MR) is 108 cm³/mol. The number of unbranched alkanes of at least 4 members (excludes halogenated alkanes) is 13. The van der Waals surface area contributed by atoms with Crippen LogP contribution in [-0.4, -0.2) is 11.6 Å². The van der Waals surface area contributed by atoms with Gasteiger partial charge in [0, 0.05) is 0 Å². The average Bonchev–Trinajstić information content (AvgIpc) is 2.59. The molecular formula is C23H44O2. The molecule has 25 heavy (non-hydrogen) atoms. The second kappa shape index (κ2) is 13.6. The van der Waals surface area contributed by atoms with Crippen LogP contribution in [0.5, 0.6) is 0 Å². The topological polar surface area (TPSA) is 26.3 Å². The standard InChI is InChI=1S/C23H44O2/c1-4-6-8-10-11-12-13-14-15-16-18-20-23(3)21(22(24)25-23)19-17-9-7-5-2/h21H,4-20H2,1-3H3/t21-,23+/m1/s1. The molecule has 1 rings (SSSR count). The van der Waals surface area contributed by atoms with Crippen LogP contribution in [0.2, 0.25) is 0 Å². The minimum Gasteiger partial charge on any atom is -0.458 e. The van der Waals surface area contributed by atoms with Crippen molar-refractivity contribution in [3.63, 3.8) is 0 Å². The Kier molecular flexibility index (Phi) is 12.3. The molecule has 0 unspecified atom stereocenters. The van der Waals surface area contributed by atoms with Crippen LogP contribution in [0.1, 0.15) is 130 Å². The summed E-state index contributed by atoms with van der Waals surface area (Å²) in [5.74, 6) is 0.231. The Bertz CT molecular complexity index is 339. The Balaban J connectivity index is 1.98. The normalized spacial score (nSPS) is 22.7. The van der Waals surface area contributed by atoms with Gasteiger partial charge in [-0.15, -0.1) is 0 Å². The molecule has 0 aromatic heterocycles. The average molecular weight is 353 g/mol. The Labute approximate surface area is 157 Å². The summed E-state index contributed by atoms with van der Waals surface area (Å²) < 4.78 is 5.55. The highest BCUT2D eigenvalue weighted by atomic mass is 16.6. The van der Waals surface area contributed by atoms with E-state index in [9.17, 15) is 4.79 Å². The van der Waals surface area contributed by atoms with E-state index >= 15 is 0 Å². The number of hydrogen-bond acceptors (Lipinski definition) is 2. The van der Waals surface area contributed by atoms with Crippen molar-refractivity contribution >= 4 is 5.97 Å². The molecule has 0 aromatic rings. The lowest BCUT2D eigenvalue weighted by Crippen LogP contribution is -2.55. The maximum atomic E-state index is 11.8. The molecule has 0 saturated carbocycles. The van der Waals surface area contributed by atoms with Crippen LogP contribution in [0.15, 0.2) is 0 Å². The number of esters is 1. The van der Waals surface area contributed by atoms with Gasteiger partial charge >= 0.3 is 5.97 Å². The first-order valence-corrected chi connectivity index (χ1v) is 11.4. The van der Waals surface area contributed by atoms with Crippen molar-refractivity contribution in [1.29, 1.82) is 0 Å².